The lowest BCUT2D eigenvalue weighted by molar-refractivity contribution is 0.0648. The summed E-state index contributed by atoms with van der Waals surface area (Å²) in [5.74, 6) is 0. The molecular weight excluding hydrogens is 138 g/mol. The number of likely N-dealkylation sites (N-methyl/N-ethyl adjacent to an activating group) is 1. The van der Waals surface area contributed by atoms with Crippen LogP contribution in [0.1, 0.15) is 33.1 Å². The molecular formula is C9H21NO. The molecule has 0 aromatic rings. The van der Waals surface area contributed by atoms with Crippen LogP contribution >= 0.6 is 0 Å². The van der Waals surface area contributed by atoms with E-state index < -0.39 is 0 Å². The van der Waals surface area contributed by atoms with Crippen molar-refractivity contribution in [2.45, 2.75) is 45.3 Å². The Bertz CT molecular complexity index is 81.6. The highest BCUT2D eigenvalue weighted by Gasteiger charge is 2.15. The van der Waals surface area contributed by atoms with Crippen LogP contribution in [0.15, 0.2) is 0 Å². The highest BCUT2D eigenvalue weighted by atomic mass is 16.5. The fourth-order valence-electron chi connectivity index (χ4n) is 1.44. The largest absolute Gasteiger partial charge is 0.380 e. The fourth-order valence-corrected chi connectivity index (χ4v) is 1.44. The van der Waals surface area contributed by atoms with Gasteiger partial charge in [0.2, 0.25) is 0 Å². The molecule has 1 N–H and O–H groups in total. The second-order valence-corrected chi connectivity index (χ2v) is 2.87. The number of rotatable bonds is 6. The third-order valence-corrected chi connectivity index (χ3v) is 2.12. The average molecular weight is 159 g/mol. The van der Waals surface area contributed by atoms with Crippen molar-refractivity contribution >= 4 is 0 Å². The van der Waals surface area contributed by atoms with E-state index >= 15 is 0 Å². The van der Waals surface area contributed by atoms with Crippen molar-refractivity contribution in [3.63, 3.8) is 0 Å². The van der Waals surface area contributed by atoms with Crippen molar-refractivity contribution in [1.29, 1.82) is 0 Å². The van der Waals surface area contributed by atoms with Crippen LogP contribution in [0, 0.1) is 0 Å². The second kappa shape index (κ2) is 6.62. The zero-order valence-corrected chi connectivity index (χ0v) is 8.18. The maximum atomic E-state index is 5.34. The van der Waals surface area contributed by atoms with Gasteiger partial charge in [0.05, 0.1) is 6.10 Å². The minimum atomic E-state index is 0.375. The zero-order valence-electron chi connectivity index (χ0n) is 8.18. The third kappa shape index (κ3) is 3.73. The van der Waals surface area contributed by atoms with E-state index in [0.717, 1.165) is 6.42 Å². The van der Waals surface area contributed by atoms with Crippen molar-refractivity contribution in [1.82, 2.24) is 5.32 Å². The molecule has 2 atom stereocenters. The van der Waals surface area contributed by atoms with E-state index in [2.05, 4.69) is 19.2 Å². The molecule has 11 heavy (non-hydrogen) atoms. The molecule has 2 heteroatoms. The summed E-state index contributed by atoms with van der Waals surface area (Å²) < 4.78 is 5.34. The number of hydrogen-bond acceptors (Lipinski definition) is 2. The molecule has 0 heterocycles. The molecule has 0 aliphatic rings. The molecule has 0 aliphatic carbocycles. The SMILES string of the molecule is CCCC(NC)C(CC)OC. The summed E-state index contributed by atoms with van der Waals surface area (Å²) in [6.45, 7) is 4.36. The topological polar surface area (TPSA) is 21.3 Å². The molecule has 2 nitrogen and oxygen atoms in total. The van der Waals surface area contributed by atoms with Gasteiger partial charge >= 0.3 is 0 Å². The van der Waals surface area contributed by atoms with Crippen LogP contribution in [0.25, 0.3) is 0 Å². The van der Waals surface area contributed by atoms with Gasteiger partial charge in [-0.1, -0.05) is 20.3 Å². The first kappa shape index (κ1) is 10.9. The van der Waals surface area contributed by atoms with Gasteiger partial charge in [0, 0.05) is 13.2 Å². The molecule has 0 aliphatic heterocycles. The Morgan fingerprint density at radius 1 is 1.36 bits per heavy atom. The highest BCUT2D eigenvalue weighted by molar-refractivity contribution is 4.73. The first-order valence-electron chi connectivity index (χ1n) is 4.50. The van der Waals surface area contributed by atoms with Crippen LogP contribution in [-0.4, -0.2) is 26.3 Å². The molecule has 68 valence electrons. The molecule has 2 unspecified atom stereocenters. The number of methoxy groups -OCH3 is 1. The van der Waals surface area contributed by atoms with E-state index in [1.807, 2.05) is 7.05 Å². The molecule has 0 radical (unpaired) electrons. The molecule has 0 aromatic carbocycles. The Hall–Kier alpha value is -0.0800. The standard InChI is InChI=1S/C9H21NO/c1-5-7-8(10-3)9(6-2)11-4/h8-10H,5-7H2,1-4H3. The summed E-state index contributed by atoms with van der Waals surface area (Å²) in [5, 5.41) is 3.28. The summed E-state index contributed by atoms with van der Waals surface area (Å²) in [5.41, 5.74) is 0. The Morgan fingerprint density at radius 2 is 2.00 bits per heavy atom. The Morgan fingerprint density at radius 3 is 2.27 bits per heavy atom. The van der Waals surface area contributed by atoms with E-state index in [1.54, 1.807) is 7.11 Å². The second-order valence-electron chi connectivity index (χ2n) is 2.87. The molecule has 0 amide bonds. The molecule has 0 saturated carbocycles. The predicted octanol–water partition coefficient (Wildman–Crippen LogP) is 1.80. The van der Waals surface area contributed by atoms with Gasteiger partial charge in [-0.3, -0.25) is 0 Å². The van der Waals surface area contributed by atoms with Crippen molar-refractivity contribution in [3.8, 4) is 0 Å². The summed E-state index contributed by atoms with van der Waals surface area (Å²) in [6.07, 6.45) is 3.87. The van der Waals surface area contributed by atoms with Gasteiger partial charge in [-0.2, -0.15) is 0 Å². The van der Waals surface area contributed by atoms with Crippen molar-refractivity contribution in [2.75, 3.05) is 14.2 Å². The van der Waals surface area contributed by atoms with Crippen LogP contribution < -0.4 is 5.32 Å². The molecule has 0 saturated heterocycles. The van der Waals surface area contributed by atoms with Crippen LogP contribution in [0.4, 0.5) is 0 Å². The van der Waals surface area contributed by atoms with Gasteiger partial charge in [-0.05, 0) is 19.9 Å². The lowest BCUT2D eigenvalue weighted by atomic mass is 10.0. The monoisotopic (exact) mass is 159 g/mol. The number of hydrogen-bond donors (Lipinski definition) is 1. The van der Waals surface area contributed by atoms with Gasteiger partial charge in [0.1, 0.15) is 0 Å². The van der Waals surface area contributed by atoms with Crippen LogP contribution in [0.3, 0.4) is 0 Å². The van der Waals surface area contributed by atoms with Crippen molar-refractivity contribution < 1.29 is 4.74 Å². The molecule has 0 bridgehead atoms. The van der Waals surface area contributed by atoms with Gasteiger partial charge in [0.15, 0.2) is 0 Å². The quantitative estimate of drug-likeness (QED) is 0.638. The lowest BCUT2D eigenvalue weighted by Crippen LogP contribution is -2.38. The maximum absolute atomic E-state index is 5.34. The molecule has 0 fully saturated rings. The van der Waals surface area contributed by atoms with Gasteiger partial charge < -0.3 is 10.1 Å². The Kier molecular flexibility index (Phi) is 6.57. The van der Waals surface area contributed by atoms with Crippen LogP contribution in [-0.2, 0) is 4.74 Å². The van der Waals surface area contributed by atoms with Crippen LogP contribution in [0.5, 0.6) is 0 Å². The normalized spacial score (nSPS) is 16.4. The van der Waals surface area contributed by atoms with Crippen molar-refractivity contribution in [2.24, 2.45) is 0 Å². The lowest BCUT2D eigenvalue weighted by Gasteiger charge is -2.23. The smallest absolute Gasteiger partial charge is 0.0721 e. The molecule has 0 rings (SSSR count). The summed E-state index contributed by atoms with van der Waals surface area (Å²) in [6, 6.07) is 0.523. The van der Waals surface area contributed by atoms with E-state index in [1.165, 1.54) is 12.8 Å². The van der Waals surface area contributed by atoms with Gasteiger partial charge in [0.25, 0.3) is 0 Å². The number of ether oxygens (including phenoxy) is 1. The minimum absolute atomic E-state index is 0.375. The first-order valence-corrected chi connectivity index (χ1v) is 4.50. The van der Waals surface area contributed by atoms with Gasteiger partial charge in [-0.15, -0.1) is 0 Å². The van der Waals surface area contributed by atoms with E-state index in [0.29, 0.717) is 12.1 Å². The van der Waals surface area contributed by atoms with E-state index in [9.17, 15) is 0 Å². The molecule has 0 aromatic heterocycles. The summed E-state index contributed by atoms with van der Waals surface area (Å²) in [4.78, 5) is 0. The van der Waals surface area contributed by atoms with Crippen LogP contribution in [0.2, 0.25) is 0 Å². The summed E-state index contributed by atoms with van der Waals surface area (Å²) >= 11 is 0. The first-order chi connectivity index (χ1) is 5.29. The average Bonchev–Trinajstić information content (AvgIpc) is 2.05. The van der Waals surface area contributed by atoms with Gasteiger partial charge in [-0.25, -0.2) is 0 Å². The predicted molar refractivity (Wildman–Crippen MR) is 48.8 cm³/mol. The Labute approximate surface area is 70.3 Å². The summed E-state index contributed by atoms with van der Waals surface area (Å²) in [7, 11) is 3.79. The fraction of sp³-hybridized carbons (Fsp3) is 1.00. The third-order valence-electron chi connectivity index (χ3n) is 2.12. The number of nitrogens with one attached hydrogen (secondary N) is 1. The minimum Gasteiger partial charge on any atom is -0.380 e. The maximum Gasteiger partial charge on any atom is 0.0721 e. The molecule has 0 spiro atoms. The van der Waals surface area contributed by atoms with Crippen molar-refractivity contribution in [3.05, 3.63) is 0 Å². The zero-order chi connectivity index (χ0) is 8.69. The Balaban J connectivity index is 3.76. The van der Waals surface area contributed by atoms with E-state index in [4.69, 9.17) is 4.74 Å². The highest BCUT2D eigenvalue weighted by Crippen LogP contribution is 2.08. The van der Waals surface area contributed by atoms with E-state index in [-0.39, 0.29) is 0 Å².